The van der Waals surface area contributed by atoms with Crippen molar-refractivity contribution in [1.29, 1.82) is 0 Å². The first-order valence-corrected chi connectivity index (χ1v) is 5.42. The lowest BCUT2D eigenvalue weighted by Gasteiger charge is -2.33. The first-order valence-electron chi connectivity index (χ1n) is 5.42. The van der Waals surface area contributed by atoms with Gasteiger partial charge in [-0.15, -0.1) is 0 Å². The largest absolute Gasteiger partial charge is 0.469 e. The van der Waals surface area contributed by atoms with Gasteiger partial charge >= 0.3 is 5.97 Å². The average molecular weight is 194 g/mol. The van der Waals surface area contributed by atoms with Crippen molar-refractivity contribution in [3.8, 4) is 0 Å². The molecule has 1 unspecified atom stereocenters. The molecule has 14 heavy (non-hydrogen) atoms. The van der Waals surface area contributed by atoms with Crippen LogP contribution < -0.4 is 0 Å². The van der Waals surface area contributed by atoms with Crippen LogP contribution in [0.15, 0.2) is 12.2 Å². The van der Waals surface area contributed by atoms with E-state index in [1.54, 1.807) is 0 Å². The number of allylic oxidation sites excluding steroid dienone is 2. The second-order valence-electron chi connectivity index (χ2n) is 4.80. The molecular weight excluding hydrogens is 176 g/mol. The first kappa shape index (κ1) is 9.75. The Kier molecular flexibility index (Phi) is 2.38. The molecule has 2 heteroatoms. The summed E-state index contributed by atoms with van der Waals surface area (Å²) in [4.78, 5) is 11.9. The minimum absolute atomic E-state index is 0.0104. The molecule has 0 saturated heterocycles. The van der Waals surface area contributed by atoms with E-state index in [1.807, 2.05) is 0 Å². The van der Waals surface area contributed by atoms with Crippen LogP contribution in [-0.2, 0) is 9.53 Å². The van der Waals surface area contributed by atoms with Crippen LogP contribution >= 0.6 is 0 Å². The van der Waals surface area contributed by atoms with E-state index in [1.165, 1.54) is 13.5 Å². The molecule has 0 spiro atoms. The van der Waals surface area contributed by atoms with Gasteiger partial charge in [0.05, 0.1) is 12.5 Å². The standard InChI is InChI=1S/C12H18O2/c1-9-7-10-5-3-4-6-12(10,8-9)11(13)14-2/h3-4,9-10H,5-8H2,1-2H3/t9?,10-,12+/m1/s1. The van der Waals surface area contributed by atoms with Gasteiger partial charge in [0, 0.05) is 0 Å². The lowest BCUT2D eigenvalue weighted by atomic mass is 9.71. The third-order valence-electron chi connectivity index (χ3n) is 3.84. The molecular formula is C12H18O2. The number of carbonyl (C=O) groups is 1. The average Bonchev–Trinajstić information content (AvgIpc) is 2.53. The number of esters is 1. The summed E-state index contributed by atoms with van der Waals surface area (Å²) >= 11 is 0. The van der Waals surface area contributed by atoms with Gasteiger partial charge < -0.3 is 4.74 Å². The van der Waals surface area contributed by atoms with E-state index in [0.717, 1.165) is 19.3 Å². The number of methoxy groups -OCH3 is 1. The molecule has 1 saturated carbocycles. The highest BCUT2D eigenvalue weighted by atomic mass is 16.5. The molecule has 2 nitrogen and oxygen atoms in total. The van der Waals surface area contributed by atoms with Crippen LogP contribution in [0, 0.1) is 17.3 Å². The van der Waals surface area contributed by atoms with Gasteiger partial charge in [-0.1, -0.05) is 19.1 Å². The smallest absolute Gasteiger partial charge is 0.312 e. The zero-order valence-electron chi connectivity index (χ0n) is 8.95. The number of fused-ring (bicyclic) bond motifs is 1. The fourth-order valence-electron chi connectivity index (χ4n) is 3.25. The fourth-order valence-corrected chi connectivity index (χ4v) is 3.25. The molecule has 0 radical (unpaired) electrons. The lowest BCUT2D eigenvalue weighted by molar-refractivity contribution is -0.155. The molecule has 0 amide bonds. The van der Waals surface area contributed by atoms with Crippen molar-refractivity contribution in [3.63, 3.8) is 0 Å². The fraction of sp³-hybridized carbons (Fsp3) is 0.750. The van der Waals surface area contributed by atoms with E-state index in [4.69, 9.17) is 4.74 Å². The maximum Gasteiger partial charge on any atom is 0.312 e. The highest BCUT2D eigenvalue weighted by Crippen LogP contribution is 2.53. The molecule has 0 aromatic heterocycles. The van der Waals surface area contributed by atoms with Crippen LogP contribution in [-0.4, -0.2) is 13.1 Å². The van der Waals surface area contributed by atoms with Crippen LogP contribution in [0.2, 0.25) is 0 Å². The molecule has 0 aromatic rings. The lowest BCUT2D eigenvalue weighted by Crippen LogP contribution is -2.36. The minimum atomic E-state index is -0.178. The Morgan fingerprint density at radius 3 is 3.00 bits per heavy atom. The Balaban J connectivity index is 2.28. The molecule has 0 N–H and O–H groups in total. The maximum atomic E-state index is 11.9. The number of hydrogen-bond acceptors (Lipinski definition) is 2. The third-order valence-corrected chi connectivity index (χ3v) is 3.84. The zero-order valence-corrected chi connectivity index (χ0v) is 8.95. The van der Waals surface area contributed by atoms with Crippen LogP contribution in [0.4, 0.5) is 0 Å². The van der Waals surface area contributed by atoms with Crippen LogP contribution in [0.25, 0.3) is 0 Å². The molecule has 1 fully saturated rings. The summed E-state index contributed by atoms with van der Waals surface area (Å²) in [6.07, 6.45) is 8.48. The summed E-state index contributed by atoms with van der Waals surface area (Å²) in [7, 11) is 1.51. The van der Waals surface area contributed by atoms with E-state index in [-0.39, 0.29) is 11.4 Å². The van der Waals surface area contributed by atoms with Gasteiger partial charge in [0.25, 0.3) is 0 Å². The van der Waals surface area contributed by atoms with E-state index in [9.17, 15) is 4.79 Å². The number of carbonyl (C=O) groups excluding carboxylic acids is 1. The van der Waals surface area contributed by atoms with Crippen LogP contribution in [0.1, 0.15) is 32.6 Å². The molecule has 0 aromatic carbocycles. The molecule has 2 rings (SSSR count). The first-order chi connectivity index (χ1) is 6.69. The van der Waals surface area contributed by atoms with Crippen LogP contribution in [0.5, 0.6) is 0 Å². The summed E-state index contributed by atoms with van der Waals surface area (Å²) < 4.78 is 4.97. The van der Waals surface area contributed by atoms with Crippen molar-refractivity contribution in [2.45, 2.75) is 32.6 Å². The maximum absolute atomic E-state index is 11.9. The molecule has 3 atom stereocenters. The Bertz CT molecular complexity index is 269. The Morgan fingerprint density at radius 1 is 1.50 bits per heavy atom. The van der Waals surface area contributed by atoms with Gasteiger partial charge in [0.15, 0.2) is 0 Å². The predicted octanol–water partition coefficient (Wildman–Crippen LogP) is 2.54. The summed E-state index contributed by atoms with van der Waals surface area (Å²) in [5, 5.41) is 0. The second-order valence-corrected chi connectivity index (χ2v) is 4.80. The molecule has 0 bridgehead atoms. The molecule has 2 aliphatic rings. The van der Waals surface area contributed by atoms with Gasteiger partial charge in [-0.2, -0.15) is 0 Å². The normalized spacial score (nSPS) is 40.7. The van der Waals surface area contributed by atoms with Crippen molar-refractivity contribution in [2.24, 2.45) is 17.3 Å². The second kappa shape index (κ2) is 3.41. The number of hydrogen-bond donors (Lipinski definition) is 0. The van der Waals surface area contributed by atoms with Crippen molar-refractivity contribution < 1.29 is 9.53 Å². The van der Waals surface area contributed by atoms with Gasteiger partial charge in [-0.25, -0.2) is 0 Å². The highest BCUT2D eigenvalue weighted by Gasteiger charge is 2.51. The van der Waals surface area contributed by atoms with E-state index in [0.29, 0.717) is 11.8 Å². The summed E-state index contributed by atoms with van der Waals surface area (Å²) in [5.41, 5.74) is -0.178. The molecule has 0 heterocycles. The topological polar surface area (TPSA) is 26.3 Å². The van der Waals surface area contributed by atoms with Gasteiger partial charge in [-0.05, 0) is 37.5 Å². The SMILES string of the molecule is COC(=O)[C@]12CC=CC[C@@H]1CC(C)C2. The Hall–Kier alpha value is -0.790. The van der Waals surface area contributed by atoms with Crippen molar-refractivity contribution in [2.75, 3.05) is 7.11 Å². The predicted molar refractivity (Wildman–Crippen MR) is 54.7 cm³/mol. The zero-order chi connectivity index (χ0) is 10.2. The highest BCUT2D eigenvalue weighted by molar-refractivity contribution is 5.78. The van der Waals surface area contributed by atoms with Gasteiger partial charge in [-0.3, -0.25) is 4.79 Å². The van der Waals surface area contributed by atoms with E-state index in [2.05, 4.69) is 19.1 Å². The number of rotatable bonds is 1. The Labute approximate surface area is 85.3 Å². The molecule has 0 aliphatic heterocycles. The van der Waals surface area contributed by atoms with Gasteiger partial charge in [0.1, 0.15) is 0 Å². The Morgan fingerprint density at radius 2 is 2.29 bits per heavy atom. The van der Waals surface area contributed by atoms with Gasteiger partial charge in [0.2, 0.25) is 0 Å². The van der Waals surface area contributed by atoms with Crippen molar-refractivity contribution in [1.82, 2.24) is 0 Å². The summed E-state index contributed by atoms with van der Waals surface area (Å²) in [6, 6.07) is 0. The minimum Gasteiger partial charge on any atom is -0.469 e. The molecule has 78 valence electrons. The van der Waals surface area contributed by atoms with Crippen molar-refractivity contribution >= 4 is 5.97 Å². The quantitative estimate of drug-likeness (QED) is 0.473. The van der Waals surface area contributed by atoms with E-state index >= 15 is 0 Å². The van der Waals surface area contributed by atoms with E-state index < -0.39 is 0 Å². The summed E-state index contributed by atoms with van der Waals surface area (Å²) in [6.45, 7) is 2.24. The summed E-state index contributed by atoms with van der Waals surface area (Å²) in [5.74, 6) is 1.20. The third kappa shape index (κ3) is 1.28. The molecule has 2 aliphatic carbocycles. The van der Waals surface area contributed by atoms with Crippen LogP contribution in [0.3, 0.4) is 0 Å². The van der Waals surface area contributed by atoms with Crippen molar-refractivity contribution in [3.05, 3.63) is 12.2 Å². The number of ether oxygens (including phenoxy) is 1. The monoisotopic (exact) mass is 194 g/mol.